The Morgan fingerprint density at radius 1 is 0.571 bits per heavy atom. The standard InChI is InChI=1S/C20H22S/c1-3-7-15(8-4-1)17-11-13-20-18(12-14-19(17)21-20)16-9-5-2-6-10-16/h1-10,17-20H,11-14H2/t17-,18-,19+,20+/m1/s1. The lowest BCUT2D eigenvalue weighted by Gasteiger charge is -2.44. The predicted octanol–water partition coefficient (Wildman–Crippen LogP) is 5.61. The molecular weight excluding hydrogens is 272 g/mol. The Morgan fingerprint density at radius 3 is 1.43 bits per heavy atom. The van der Waals surface area contributed by atoms with Crippen LogP contribution in [0.5, 0.6) is 0 Å². The fourth-order valence-electron chi connectivity index (χ4n) is 4.18. The third-order valence-corrected chi connectivity index (χ3v) is 7.05. The van der Waals surface area contributed by atoms with Gasteiger partial charge in [-0.3, -0.25) is 0 Å². The molecule has 108 valence electrons. The van der Waals surface area contributed by atoms with Crippen molar-refractivity contribution in [2.75, 3.05) is 0 Å². The SMILES string of the molecule is c1ccc([C@H]2CC[C@@H]3S[C@H]2CC[C@@H]3c2ccccc2)cc1. The summed E-state index contributed by atoms with van der Waals surface area (Å²) in [5.41, 5.74) is 3.12. The first-order valence-corrected chi connectivity index (χ1v) is 9.11. The van der Waals surface area contributed by atoms with Crippen LogP contribution >= 0.6 is 11.8 Å². The second-order valence-corrected chi connectivity index (χ2v) is 7.89. The van der Waals surface area contributed by atoms with Gasteiger partial charge in [0.25, 0.3) is 0 Å². The Kier molecular flexibility index (Phi) is 3.77. The lowest BCUT2D eigenvalue weighted by atomic mass is 9.78. The van der Waals surface area contributed by atoms with Gasteiger partial charge >= 0.3 is 0 Å². The number of hydrogen-bond acceptors (Lipinski definition) is 1. The summed E-state index contributed by atoms with van der Waals surface area (Å²) in [5, 5.41) is 1.68. The van der Waals surface area contributed by atoms with E-state index >= 15 is 0 Å². The van der Waals surface area contributed by atoms with E-state index in [9.17, 15) is 0 Å². The van der Waals surface area contributed by atoms with Crippen molar-refractivity contribution in [2.45, 2.75) is 48.0 Å². The van der Waals surface area contributed by atoms with E-state index in [-0.39, 0.29) is 0 Å². The highest BCUT2D eigenvalue weighted by Gasteiger charge is 2.39. The molecule has 0 saturated carbocycles. The van der Waals surface area contributed by atoms with Gasteiger partial charge in [-0.25, -0.2) is 0 Å². The highest BCUT2D eigenvalue weighted by molar-refractivity contribution is 8.00. The summed E-state index contributed by atoms with van der Waals surface area (Å²) in [6.45, 7) is 0. The fourth-order valence-corrected chi connectivity index (χ4v) is 6.13. The molecule has 0 aliphatic carbocycles. The lowest BCUT2D eigenvalue weighted by Crippen LogP contribution is -2.34. The van der Waals surface area contributed by atoms with E-state index in [0.29, 0.717) is 0 Å². The van der Waals surface area contributed by atoms with Crippen LogP contribution in [0.1, 0.15) is 48.6 Å². The second kappa shape index (κ2) is 5.88. The van der Waals surface area contributed by atoms with Crippen LogP contribution in [-0.4, -0.2) is 10.5 Å². The Hall–Kier alpha value is -1.21. The number of thioether (sulfide) groups is 1. The van der Waals surface area contributed by atoms with Crippen LogP contribution in [0.4, 0.5) is 0 Å². The van der Waals surface area contributed by atoms with E-state index in [4.69, 9.17) is 0 Å². The molecule has 2 aromatic rings. The minimum atomic E-state index is 0.782. The Morgan fingerprint density at radius 2 is 1.00 bits per heavy atom. The maximum atomic E-state index is 2.33. The average molecular weight is 294 g/mol. The van der Waals surface area contributed by atoms with E-state index < -0.39 is 0 Å². The van der Waals surface area contributed by atoms with Crippen LogP contribution in [0, 0.1) is 0 Å². The van der Waals surface area contributed by atoms with Crippen LogP contribution in [0.2, 0.25) is 0 Å². The number of hydrogen-bond donors (Lipinski definition) is 0. The summed E-state index contributed by atoms with van der Waals surface area (Å²) in [4.78, 5) is 0. The van der Waals surface area contributed by atoms with Gasteiger partial charge in [-0.05, 0) is 48.6 Å². The van der Waals surface area contributed by atoms with Crippen molar-refractivity contribution in [3.63, 3.8) is 0 Å². The normalized spacial score (nSPS) is 31.8. The van der Waals surface area contributed by atoms with Crippen molar-refractivity contribution in [3.05, 3.63) is 71.8 Å². The summed E-state index contributed by atoms with van der Waals surface area (Å²) in [5.74, 6) is 1.56. The maximum absolute atomic E-state index is 2.33. The molecule has 0 aromatic heterocycles. The van der Waals surface area contributed by atoms with Gasteiger partial charge in [0.05, 0.1) is 0 Å². The quantitative estimate of drug-likeness (QED) is 0.693. The number of rotatable bonds is 2. The molecule has 0 nitrogen and oxygen atoms in total. The van der Waals surface area contributed by atoms with Crippen LogP contribution in [0.25, 0.3) is 0 Å². The second-order valence-electron chi connectivity index (χ2n) is 6.40. The molecule has 2 bridgehead atoms. The summed E-state index contributed by atoms with van der Waals surface area (Å²) in [7, 11) is 0. The predicted molar refractivity (Wildman–Crippen MR) is 92.0 cm³/mol. The third kappa shape index (κ3) is 2.64. The topological polar surface area (TPSA) is 0 Å². The van der Waals surface area contributed by atoms with Gasteiger partial charge in [0.15, 0.2) is 0 Å². The van der Waals surface area contributed by atoms with Crippen LogP contribution < -0.4 is 0 Å². The molecule has 2 aliphatic rings. The monoisotopic (exact) mass is 294 g/mol. The molecule has 0 amide bonds. The van der Waals surface area contributed by atoms with Gasteiger partial charge in [-0.2, -0.15) is 11.8 Å². The van der Waals surface area contributed by atoms with Crippen LogP contribution in [-0.2, 0) is 0 Å². The van der Waals surface area contributed by atoms with Gasteiger partial charge < -0.3 is 0 Å². The molecule has 2 saturated heterocycles. The van der Waals surface area contributed by atoms with Crippen molar-refractivity contribution in [3.8, 4) is 0 Å². The zero-order valence-electron chi connectivity index (χ0n) is 12.3. The smallest absolute Gasteiger partial charge is 0.0119 e. The number of benzene rings is 2. The van der Waals surface area contributed by atoms with Gasteiger partial charge in [0.2, 0.25) is 0 Å². The molecule has 0 N–H and O–H groups in total. The lowest BCUT2D eigenvalue weighted by molar-refractivity contribution is 0.408. The number of fused-ring (bicyclic) bond motifs is 2. The largest absolute Gasteiger partial charge is 0.154 e. The molecule has 21 heavy (non-hydrogen) atoms. The van der Waals surface area contributed by atoms with Gasteiger partial charge in [-0.1, -0.05) is 60.7 Å². The fraction of sp³-hybridized carbons (Fsp3) is 0.400. The first-order valence-electron chi connectivity index (χ1n) is 8.17. The van der Waals surface area contributed by atoms with Crippen molar-refractivity contribution in [2.24, 2.45) is 0 Å². The zero-order valence-corrected chi connectivity index (χ0v) is 13.1. The van der Waals surface area contributed by atoms with Crippen LogP contribution in [0.3, 0.4) is 0 Å². The molecule has 0 spiro atoms. The van der Waals surface area contributed by atoms with Crippen molar-refractivity contribution in [1.82, 2.24) is 0 Å². The minimum absolute atomic E-state index is 0.782. The Labute approximate surface area is 132 Å². The maximum Gasteiger partial charge on any atom is 0.0119 e. The molecule has 0 unspecified atom stereocenters. The molecular formula is C20H22S. The average Bonchev–Trinajstić information content (AvgIpc) is 2.57. The molecule has 4 atom stereocenters. The first-order chi connectivity index (χ1) is 10.4. The third-order valence-electron chi connectivity index (χ3n) is 5.23. The van der Waals surface area contributed by atoms with E-state index in [2.05, 4.69) is 72.4 Å². The summed E-state index contributed by atoms with van der Waals surface area (Å²) in [6, 6.07) is 22.4. The molecule has 4 rings (SSSR count). The summed E-state index contributed by atoms with van der Waals surface area (Å²) in [6.07, 6.45) is 5.49. The van der Waals surface area contributed by atoms with E-state index in [0.717, 1.165) is 22.3 Å². The van der Waals surface area contributed by atoms with E-state index in [1.54, 1.807) is 11.1 Å². The van der Waals surface area contributed by atoms with Gasteiger partial charge in [0.1, 0.15) is 0 Å². The van der Waals surface area contributed by atoms with Crippen molar-refractivity contribution in [1.29, 1.82) is 0 Å². The van der Waals surface area contributed by atoms with Gasteiger partial charge in [-0.15, -0.1) is 0 Å². The van der Waals surface area contributed by atoms with Gasteiger partial charge in [0, 0.05) is 10.5 Å². The molecule has 2 heterocycles. The zero-order chi connectivity index (χ0) is 14.1. The first kappa shape index (κ1) is 13.5. The molecule has 1 heteroatoms. The molecule has 2 aromatic carbocycles. The van der Waals surface area contributed by atoms with E-state index in [1.165, 1.54) is 25.7 Å². The Balaban J connectivity index is 1.52. The molecule has 2 aliphatic heterocycles. The Bertz CT molecular complexity index is 524. The highest BCUT2D eigenvalue weighted by atomic mass is 32.2. The van der Waals surface area contributed by atoms with Crippen molar-refractivity contribution >= 4 is 11.8 Å². The minimum Gasteiger partial charge on any atom is -0.154 e. The summed E-state index contributed by atoms with van der Waals surface area (Å²) >= 11 is 2.28. The van der Waals surface area contributed by atoms with E-state index in [1.807, 2.05) is 0 Å². The van der Waals surface area contributed by atoms with Crippen LogP contribution in [0.15, 0.2) is 60.7 Å². The highest BCUT2D eigenvalue weighted by Crippen LogP contribution is 2.53. The van der Waals surface area contributed by atoms with Crippen molar-refractivity contribution < 1.29 is 0 Å². The summed E-state index contributed by atoms with van der Waals surface area (Å²) < 4.78 is 0. The molecule has 0 radical (unpaired) electrons. The molecule has 2 fully saturated rings.